The molecule has 1 aromatic carbocycles. The summed E-state index contributed by atoms with van der Waals surface area (Å²) in [7, 11) is 0. The van der Waals surface area contributed by atoms with E-state index in [1.807, 2.05) is 18.2 Å². The summed E-state index contributed by atoms with van der Waals surface area (Å²) in [5, 5.41) is 3.20. The summed E-state index contributed by atoms with van der Waals surface area (Å²) < 4.78 is 0. The van der Waals surface area contributed by atoms with Crippen LogP contribution in [0.25, 0.3) is 0 Å². The molecule has 2 rings (SSSR count). The van der Waals surface area contributed by atoms with Gasteiger partial charge in [-0.3, -0.25) is 4.98 Å². The first kappa shape index (κ1) is 9.33. The lowest BCUT2D eigenvalue weighted by Gasteiger charge is -2.07. The van der Waals surface area contributed by atoms with E-state index in [0.29, 0.717) is 11.4 Å². The molecule has 2 aromatic rings. The van der Waals surface area contributed by atoms with Crippen LogP contribution >= 0.6 is 0 Å². The molecular weight excluding hydrogens is 188 g/mol. The van der Waals surface area contributed by atoms with Crippen LogP contribution in [0.2, 0.25) is 0 Å². The zero-order valence-corrected chi connectivity index (χ0v) is 8.14. The number of nitrogens with zero attached hydrogens (tertiary/aromatic N) is 1. The van der Waals surface area contributed by atoms with Gasteiger partial charge in [-0.25, -0.2) is 0 Å². The van der Waals surface area contributed by atoms with Crippen LogP contribution in [0.15, 0.2) is 42.7 Å². The molecule has 1 heterocycles. The smallest absolute Gasteiger partial charge is 0.0568 e. The van der Waals surface area contributed by atoms with E-state index in [0.717, 1.165) is 11.4 Å². The quantitative estimate of drug-likeness (QED) is 0.648. The summed E-state index contributed by atoms with van der Waals surface area (Å²) >= 11 is 0. The molecule has 1 aromatic heterocycles. The number of aromatic nitrogens is 1. The third-order valence-corrected chi connectivity index (χ3v) is 2.06. The molecule has 0 atom stereocenters. The minimum absolute atomic E-state index is 0.578. The van der Waals surface area contributed by atoms with Gasteiger partial charge in [-0.05, 0) is 30.3 Å². The second-order valence-electron chi connectivity index (χ2n) is 3.20. The lowest BCUT2D eigenvalue weighted by Crippen LogP contribution is -1.96. The van der Waals surface area contributed by atoms with Crippen LogP contribution in [-0.4, -0.2) is 4.98 Å². The first-order valence-corrected chi connectivity index (χ1v) is 4.58. The summed E-state index contributed by atoms with van der Waals surface area (Å²) in [4.78, 5) is 3.93. The van der Waals surface area contributed by atoms with Crippen molar-refractivity contribution in [1.29, 1.82) is 0 Å². The molecule has 0 fully saturated rings. The fourth-order valence-corrected chi connectivity index (χ4v) is 1.25. The summed E-state index contributed by atoms with van der Waals surface area (Å²) in [5.74, 6) is 0. The van der Waals surface area contributed by atoms with Gasteiger partial charge in [0.15, 0.2) is 0 Å². The first-order chi connectivity index (χ1) is 7.25. The van der Waals surface area contributed by atoms with Gasteiger partial charge in [-0.1, -0.05) is 0 Å². The number of nitrogens with two attached hydrogens (primary N) is 2. The normalized spacial score (nSPS) is 9.87. The highest BCUT2D eigenvalue weighted by molar-refractivity contribution is 5.72. The van der Waals surface area contributed by atoms with Gasteiger partial charge < -0.3 is 16.8 Å². The zero-order valence-electron chi connectivity index (χ0n) is 8.14. The van der Waals surface area contributed by atoms with Crippen molar-refractivity contribution in [3.8, 4) is 0 Å². The van der Waals surface area contributed by atoms with Crippen molar-refractivity contribution in [2.75, 3.05) is 16.8 Å². The van der Waals surface area contributed by atoms with Crippen molar-refractivity contribution < 1.29 is 0 Å². The van der Waals surface area contributed by atoms with Crippen molar-refractivity contribution in [3.63, 3.8) is 0 Å². The Balaban J connectivity index is 2.22. The van der Waals surface area contributed by atoms with E-state index < -0.39 is 0 Å². The number of hydrogen-bond acceptors (Lipinski definition) is 4. The Morgan fingerprint density at radius 3 is 2.27 bits per heavy atom. The van der Waals surface area contributed by atoms with E-state index in [1.54, 1.807) is 24.5 Å². The maximum atomic E-state index is 5.70. The topological polar surface area (TPSA) is 77.0 Å². The fraction of sp³-hybridized carbons (Fsp3) is 0. The molecule has 0 aliphatic carbocycles. The molecule has 0 radical (unpaired) electrons. The monoisotopic (exact) mass is 200 g/mol. The van der Waals surface area contributed by atoms with E-state index in [1.165, 1.54) is 0 Å². The van der Waals surface area contributed by atoms with Gasteiger partial charge in [0, 0.05) is 23.8 Å². The van der Waals surface area contributed by atoms with Crippen molar-refractivity contribution >= 4 is 22.7 Å². The van der Waals surface area contributed by atoms with Crippen LogP contribution in [-0.2, 0) is 0 Å². The van der Waals surface area contributed by atoms with Gasteiger partial charge in [0.05, 0.1) is 11.4 Å². The molecule has 0 aliphatic rings. The Morgan fingerprint density at radius 1 is 0.867 bits per heavy atom. The molecule has 0 spiro atoms. The third-order valence-electron chi connectivity index (χ3n) is 2.06. The van der Waals surface area contributed by atoms with E-state index in [4.69, 9.17) is 11.5 Å². The summed E-state index contributed by atoms with van der Waals surface area (Å²) in [5.41, 5.74) is 14.4. The maximum Gasteiger partial charge on any atom is 0.0568 e. The highest BCUT2D eigenvalue weighted by Gasteiger charge is 1.97. The molecule has 0 aliphatic heterocycles. The highest BCUT2D eigenvalue weighted by Crippen LogP contribution is 2.22. The number of rotatable bonds is 2. The second-order valence-corrected chi connectivity index (χ2v) is 3.20. The second kappa shape index (κ2) is 3.88. The summed E-state index contributed by atoms with van der Waals surface area (Å²) in [6.45, 7) is 0. The molecule has 0 saturated heterocycles. The molecule has 0 bridgehead atoms. The Hall–Kier alpha value is -2.23. The summed E-state index contributed by atoms with van der Waals surface area (Å²) in [6, 6.07) is 9.22. The molecule has 4 heteroatoms. The molecule has 4 nitrogen and oxygen atoms in total. The van der Waals surface area contributed by atoms with Crippen LogP contribution in [0.1, 0.15) is 0 Å². The van der Waals surface area contributed by atoms with Crippen LogP contribution in [0.5, 0.6) is 0 Å². The Bertz CT molecular complexity index is 453. The predicted octanol–water partition coefficient (Wildman–Crippen LogP) is 1.99. The predicted molar refractivity (Wildman–Crippen MR) is 62.8 cm³/mol. The minimum atomic E-state index is 0.578. The van der Waals surface area contributed by atoms with Crippen LogP contribution in [0, 0.1) is 0 Å². The average Bonchev–Trinajstić information content (AvgIpc) is 2.25. The van der Waals surface area contributed by atoms with E-state index in [2.05, 4.69) is 10.3 Å². The molecule has 0 amide bonds. The highest BCUT2D eigenvalue weighted by atomic mass is 14.9. The number of anilines is 4. The molecule has 0 unspecified atom stereocenters. The molecule has 5 N–H and O–H groups in total. The van der Waals surface area contributed by atoms with Crippen LogP contribution < -0.4 is 16.8 Å². The van der Waals surface area contributed by atoms with Gasteiger partial charge in [-0.15, -0.1) is 0 Å². The van der Waals surface area contributed by atoms with Crippen LogP contribution in [0.4, 0.5) is 22.7 Å². The molecule has 0 saturated carbocycles. The third kappa shape index (κ3) is 2.17. The fourth-order valence-electron chi connectivity index (χ4n) is 1.25. The number of nitrogens with one attached hydrogen (secondary N) is 1. The Labute approximate surface area is 87.9 Å². The molecular formula is C11H12N4. The van der Waals surface area contributed by atoms with E-state index >= 15 is 0 Å². The maximum absolute atomic E-state index is 5.70. The SMILES string of the molecule is Nc1ccc(Nc2ccncc2)cc1N. The standard InChI is InChI=1S/C11H12N4/c12-10-2-1-9(7-11(10)13)15-8-3-5-14-6-4-8/h1-7H,12-13H2,(H,14,15). The number of hydrogen-bond donors (Lipinski definition) is 3. The van der Waals surface area contributed by atoms with Crippen molar-refractivity contribution in [2.24, 2.45) is 0 Å². The lowest BCUT2D eigenvalue weighted by atomic mass is 10.2. The molecule has 76 valence electrons. The van der Waals surface area contributed by atoms with Gasteiger partial charge in [0.2, 0.25) is 0 Å². The largest absolute Gasteiger partial charge is 0.397 e. The van der Waals surface area contributed by atoms with Crippen LogP contribution in [0.3, 0.4) is 0 Å². The van der Waals surface area contributed by atoms with Crippen molar-refractivity contribution in [2.45, 2.75) is 0 Å². The van der Waals surface area contributed by atoms with E-state index in [9.17, 15) is 0 Å². The number of pyridine rings is 1. The van der Waals surface area contributed by atoms with Crippen molar-refractivity contribution in [3.05, 3.63) is 42.7 Å². The van der Waals surface area contributed by atoms with Gasteiger partial charge in [-0.2, -0.15) is 0 Å². The van der Waals surface area contributed by atoms with Crippen molar-refractivity contribution in [1.82, 2.24) is 4.98 Å². The van der Waals surface area contributed by atoms with Gasteiger partial charge >= 0.3 is 0 Å². The van der Waals surface area contributed by atoms with Gasteiger partial charge in [0.1, 0.15) is 0 Å². The lowest BCUT2D eigenvalue weighted by molar-refractivity contribution is 1.32. The van der Waals surface area contributed by atoms with Gasteiger partial charge in [0.25, 0.3) is 0 Å². The summed E-state index contributed by atoms with van der Waals surface area (Å²) in [6.07, 6.45) is 3.45. The first-order valence-electron chi connectivity index (χ1n) is 4.58. The zero-order chi connectivity index (χ0) is 10.7. The Kier molecular flexibility index (Phi) is 2.41. The number of benzene rings is 1. The number of nitrogen functional groups attached to an aromatic ring is 2. The average molecular weight is 200 g/mol. The van der Waals surface area contributed by atoms with E-state index in [-0.39, 0.29) is 0 Å². The Morgan fingerprint density at radius 2 is 1.60 bits per heavy atom. The molecule has 15 heavy (non-hydrogen) atoms. The minimum Gasteiger partial charge on any atom is -0.397 e.